The lowest BCUT2D eigenvalue weighted by atomic mass is 9.53. The zero-order valence-corrected chi connectivity index (χ0v) is 17.4. The number of amides is 1. The third-order valence-corrected chi connectivity index (χ3v) is 6.77. The van der Waals surface area contributed by atoms with Gasteiger partial charge in [0, 0.05) is 11.6 Å². The Labute approximate surface area is 175 Å². The molecule has 1 N–H and O–H groups in total. The van der Waals surface area contributed by atoms with Crippen LogP contribution in [-0.4, -0.2) is 35.0 Å². The van der Waals surface area contributed by atoms with Gasteiger partial charge >= 0.3 is 11.7 Å². The summed E-state index contributed by atoms with van der Waals surface area (Å²) >= 11 is 0. The van der Waals surface area contributed by atoms with Crippen molar-refractivity contribution in [2.45, 2.75) is 64.0 Å². The molecule has 0 unspecified atom stereocenters. The van der Waals surface area contributed by atoms with Gasteiger partial charge in [-0.25, -0.2) is 4.79 Å². The number of benzene rings is 1. The molecule has 8 heteroatoms. The second-order valence-corrected chi connectivity index (χ2v) is 9.11. The summed E-state index contributed by atoms with van der Waals surface area (Å²) in [6.45, 7) is 3.53. The molecular weight excluding hydrogens is 388 g/mol. The standard InChI is InChI=1S/C22H28N2O6/c1-3-29-19-5-4-17(9-18(19)24(27)28)21(26)30-13(2)20(25)23-22-10-14-6-15(11-22)8-16(7-14)12-22/h4-5,9,13-16H,3,6-8,10-12H2,1-2H3,(H,23,25)/t13-,14?,15?,16?,22?/m1/s1. The van der Waals surface area contributed by atoms with E-state index in [2.05, 4.69) is 5.32 Å². The Morgan fingerprint density at radius 3 is 2.33 bits per heavy atom. The maximum absolute atomic E-state index is 12.8. The summed E-state index contributed by atoms with van der Waals surface area (Å²) in [6, 6.07) is 3.90. The number of carbonyl (C=O) groups excluding carboxylic acids is 2. The zero-order chi connectivity index (χ0) is 21.5. The Kier molecular flexibility index (Phi) is 5.42. The van der Waals surface area contributed by atoms with E-state index in [0.29, 0.717) is 17.8 Å². The maximum Gasteiger partial charge on any atom is 0.339 e. The van der Waals surface area contributed by atoms with Crippen LogP contribution in [0.15, 0.2) is 18.2 Å². The number of hydrogen-bond donors (Lipinski definition) is 1. The predicted octanol–water partition coefficient (Wildman–Crippen LogP) is 3.62. The summed E-state index contributed by atoms with van der Waals surface area (Å²) in [7, 11) is 0. The molecule has 4 fully saturated rings. The van der Waals surface area contributed by atoms with Gasteiger partial charge in [0.2, 0.25) is 0 Å². The number of nitrogens with zero attached hydrogens (tertiary/aromatic N) is 1. The summed E-state index contributed by atoms with van der Waals surface area (Å²) < 4.78 is 10.6. The molecule has 0 heterocycles. The molecule has 1 amide bonds. The van der Waals surface area contributed by atoms with E-state index in [9.17, 15) is 19.7 Å². The molecule has 0 radical (unpaired) electrons. The third-order valence-electron chi connectivity index (χ3n) is 6.77. The van der Waals surface area contributed by atoms with Crippen LogP contribution >= 0.6 is 0 Å². The third kappa shape index (κ3) is 4.00. The Morgan fingerprint density at radius 2 is 1.80 bits per heavy atom. The first kappa shape index (κ1) is 20.6. The number of esters is 1. The van der Waals surface area contributed by atoms with Gasteiger partial charge < -0.3 is 14.8 Å². The van der Waals surface area contributed by atoms with Gasteiger partial charge in [-0.1, -0.05) is 0 Å². The van der Waals surface area contributed by atoms with Crippen LogP contribution in [0.25, 0.3) is 0 Å². The summed E-state index contributed by atoms with van der Waals surface area (Å²) in [5.41, 5.74) is -0.457. The highest BCUT2D eigenvalue weighted by molar-refractivity contribution is 5.93. The predicted molar refractivity (Wildman–Crippen MR) is 108 cm³/mol. The van der Waals surface area contributed by atoms with Crippen molar-refractivity contribution in [3.63, 3.8) is 0 Å². The summed E-state index contributed by atoms with van der Waals surface area (Å²) in [6.07, 6.45) is 5.88. The smallest absolute Gasteiger partial charge is 0.339 e. The lowest BCUT2D eigenvalue weighted by molar-refractivity contribution is -0.385. The fourth-order valence-corrected chi connectivity index (χ4v) is 5.97. The molecule has 4 saturated carbocycles. The molecule has 0 spiro atoms. The molecule has 8 nitrogen and oxygen atoms in total. The summed E-state index contributed by atoms with van der Waals surface area (Å²) in [5.74, 6) is 1.10. The van der Waals surface area contributed by atoms with Gasteiger partial charge in [-0.3, -0.25) is 14.9 Å². The van der Waals surface area contributed by atoms with Gasteiger partial charge in [0.15, 0.2) is 11.9 Å². The SMILES string of the molecule is CCOc1ccc(C(=O)O[C@H](C)C(=O)NC23CC4CC(CC(C4)C2)C3)cc1[N+](=O)[O-]. The average molecular weight is 416 g/mol. The Hall–Kier alpha value is -2.64. The first-order valence-corrected chi connectivity index (χ1v) is 10.7. The van der Waals surface area contributed by atoms with Crippen molar-refractivity contribution >= 4 is 17.6 Å². The minimum absolute atomic E-state index is 0.0135. The molecule has 4 bridgehead atoms. The van der Waals surface area contributed by atoms with Crippen LogP contribution in [0.1, 0.15) is 62.7 Å². The molecule has 30 heavy (non-hydrogen) atoms. The largest absolute Gasteiger partial charge is 0.487 e. The molecule has 162 valence electrons. The Balaban J connectivity index is 1.40. The van der Waals surface area contributed by atoms with Crippen LogP contribution in [0.2, 0.25) is 0 Å². The van der Waals surface area contributed by atoms with Crippen molar-refractivity contribution in [3.8, 4) is 5.75 Å². The monoisotopic (exact) mass is 416 g/mol. The molecule has 1 aromatic rings. The van der Waals surface area contributed by atoms with Gasteiger partial charge in [-0.2, -0.15) is 0 Å². The van der Waals surface area contributed by atoms with Gasteiger partial charge in [0.1, 0.15) is 0 Å². The normalized spacial score (nSPS) is 29.9. The first-order chi connectivity index (χ1) is 14.3. The van der Waals surface area contributed by atoms with Gasteiger partial charge in [0.25, 0.3) is 5.91 Å². The molecule has 0 aromatic heterocycles. The highest BCUT2D eigenvalue weighted by atomic mass is 16.6. The van der Waals surface area contributed by atoms with Crippen LogP contribution in [0.4, 0.5) is 5.69 Å². The quantitative estimate of drug-likeness (QED) is 0.413. The number of ether oxygens (including phenoxy) is 2. The number of nitro groups is 1. The van der Waals surface area contributed by atoms with E-state index < -0.39 is 17.0 Å². The van der Waals surface area contributed by atoms with E-state index >= 15 is 0 Å². The second kappa shape index (κ2) is 7.89. The molecule has 0 saturated heterocycles. The van der Waals surface area contributed by atoms with Crippen LogP contribution in [0, 0.1) is 27.9 Å². The van der Waals surface area contributed by atoms with Crippen LogP contribution in [0.3, 0.4) is 0 Å². The number of nitrogens with one attached hydrogen (secondary N) is 1. The minimum atomic E-state index is -0.976. The maximum atomic E-state index is 12.8. The molecule has 0 aliphatic heterocycles. The summed E-state index contributed by atoms with van der Waals surface area (Å²) in [5, 5.41) is 14.5. The summed E-state index contributed by atoms with van der Waals surface area (Å²) in [4.78, 5) is 36.0. The van der Waals surface area contributed by atoms with Crippen molar-refractivity contribution < 1.29 is 24.0 Å². The zero-order valence-electron chi connectivity index (χ0n) is 17.4. The van der Waals surface area contributed by atoms with Crippen molar-refractivity contribution in [3.05, 3.63) is 33.9 Å². The molecule has 1 aromatic carbocycles. The van der Waals surface area contributed by atoms with E-state index in [4.69, 9.17) is 9.47 Å². The molecule has 4 aliphatic carbocycles. The fourth-order valence-electron chi connectivity index (χ4n) is 5.97. The molecule has 5 rings (SSSR count). The van der Waals surface area contributed by atoms with Crippen molar-refractivity contribution in [1.82, 2.24) is 5.32 Å². The Morgan fingerprint density at radius 1 is 1.20 bits per heavy atom. The second-order valence-electron chi connectivity index (χ2n) is 9.11. The van der Waals surface area contributed by atoms with Crippen molar-refractivity contribution in [2.24, 2.45) is 17.8 Å². The van der Waals surface area contributed by atoms with E-state index in [0.717, 1.165) is 25.3 Å². The number of rotatable bonds is 7. The molecule has 4 aliphatic rings. The number of carbonyl (C=O) groups is 2. The van der Waals surface area contributed by atoms with E-state index in [1.807, 2.05) is 0 Å². The average Bonchev–Trinajstić information content (AvgIpc) is 2.66. The number of nitro benzene ring substituents is 1. The van der Waals surface area contributed by atoms with E-state index in [-0.39, 0.29) is 35.1 Å². The van der Waals surface area contributed by atoms with Gasteiger partial charge in [0.05, 0.1) is 17.1 Å². The highest BCUT2D eigenvalue weighted by Gasteiger charge is 2.51. The number of hydrogen-bond acceptors (Lipinski definition) is 6. The van der Waals surface area contributed by atoms with Crippen molar-refractivity contribution in [1.29, 1.82) is 0 Å². The van der Waals surface area contributed by atoms with Crippen LogP contribution in [0.5, 0.6) is 5.75 Å². The van der Waals surface area contributed by atoms with Crippen molar-refractivity contribution in [2.75, 3.05) is 6.61 Å². The van der Waals surface area contributed by atoms with Crippen LogP contribution in [-0.2, 0) is 9.53 Å². The fraction of sp³-hybridized carbons (Fsp3) is 0.636. The highest BCUT2D eigenvalue weighted by Crippen LogP contribution is 2.55. The first-order valence-electron chi connectivity index (χ1n) is 10.7. The Bertz CT molecular complexity index is 832. The van der Waals surface area contributed by atoms with Crippen LogP contribution < -0.4 is 10.1 Å². The minimum Gasteiger partial charge on any atom is -0.487 e. The lowest BCUT2D eigenvalue weighted by Gasteiger charge is -2.57. The molecule has 1 atom stereocenters. The van der Waals surface area contributed by atoms with Gasteiger partial charge in [-0.15, -0.1) is 0 Å². The van der Waals surface area contributed by atoms with Gasteiger partial charge in [-0.05, 0) is 82.3 Å². The van der Waals surface area contributed by atoms with E-state index in [1.165, 1.54) is 38.3 Å². The molecular formula is C22H28N2O6. The topological polar surface area (TPSA) is 108 Å². The van der Waals surface area contributed by atoms with E-state index in [1.54, 1.807) is 6.92 Å². The lowest BCUT2D eigenvalue weighted by Crippen LogP contribution is -2.61.